The standard InChI is InChI=1S/C13H26N2O/c1-5-12(16)15-9-7-11(8-10-15)14-13(3,4)6-2/h11,14H,5-10H2,1-4H3. The molecule has 1 aliphatic heterocycles. The van der Waals surface area contributed by atoms with Crippen LogP contribution in [0.1, 0.15) is 53.4 Å². The predicted octanol–water partition coefficient (Wildman–Crippen LogP) is 2.17. The first kappa shape index (κ1) is 13.5. The molecule has 0 spiro atoms. The Bertz CT molecular complexity index is 230. The lowest BCUT2D eigenvalue weighted by atomic mass is 9.96. The van der Waals surface area contributed by atoms with E-state index >= 15 is 0 Å². The lowest BCUT2D eigenvalue weighted by Crippen LogP contribution is -2.51. The largest absolute Gasteiger partial charge is 0.343 e. The fourth-order valence-corrected chi connectivity index (χ4v) is 2.15. The molecule has 3 nitrogen and oxygen atoms in total. The Balaban J connectivity index is 2.35. The zero-order valence-electron chi connectivity index (χ0n) is 11.2. The van der Waals surface area contributed by atoms with E-state index in [1.54, 1.807) is 0 Å². The van der Waals surface area contributed by atoms with Gasteiger partial charge in [-0.3, -0.25) is 4.79 Å². The molecule has 0 bridgehead atoms. The molecule has 0 unspecified atom stereocenters. The minimum absolute atomic E-state index is 0.224. The van der Waals surface area contributed by atoms with Crippen molar-refractivity contribution in [2.45, 2.75) is 65.0 Å². The zero-order valence-corrected chi connectivity index (χ0v) is 11.2. The normalized spacial score (nSPS) is 18.9. The molecule has 3 heteroatoms. The fraction of sp³-hybridized carbons (Fsp3) is 0.923. The number of nitrogens with zero attached hydrogens (tertiary/aromatic N) is 1. The molecule has 1 heterocycles. The van der Waals surface area contributed by atoms with Gasteiger partial charge in [-0.2, -0.15) is 0 Å². The quantitative estimate of drug-likeness (QED) is 0.797. The monoisotopic (exact) mass is 226 g/mol. The predicted molar refractivity (Wildman–Crippen MR) is 67.4 cm³/mol. The van der Waals surface area contributed by atoms with Gasteiger partial charge in [-0.05, 0) is 33.1 Å². The molecule has 1 fully saturated rings. The van der Waals surface area contributed by atoms with Gasteiger partial charge in [0.05, 0.1) is 0 Å². The molecule has 0 aromatic heterocycles. The van der Waals surface area contributed by atoms with Gasteiger partial charge in [-0.25, -0.2) is 0 Å². The minimum atomic E-state index is 0.224. The number of piperidine rings is 1. The molecule has 1 aliphatic rings. The SMILES string of the molecule is CCC(=O)N1CCC(NC(C)(C)CC)CC1. The van der Waals surface area contributed by atoms with E-state index in [4.69, 9.17) is 0 Å². The molecule has 94 valence electrons. The van der Waals surface area contributed by atoms with Gasteiger partial charge in [0.15, 0.2) is 0 Å². The van der Waals surface area contributed by atoms with Gasteiger partial charge in [0.2, 0.25) is 5.91 Å². The van der Waals surface area contributed by atoms with Crippen molar-refractivity contribution in [2.24, 2.45) is 0 Å². The van der Waals surface area contributed by atoms with Crippen LogP contribution in [0, 0.1) is 0 Å². The van der Waals surface area contributed by atoms with E-state index in [9.17, 15) is 4.79 Å². The number of rotatable bonds is 4. The van der Waals surface area contributed by atoms with Crippen LogP contribution in [0.15, 0.2) is 0 Å². The number of carbonyl (C=O) groups excluding carboxylic acids is 1. The average molecular weight is 226 g/mol. The van der Waals surface area contributed by atoms with Crippen molar-refractivity contribution in [1.29, 1.82) is 0 Å². The van der Waals surface area contributed by atoms with Gasteiger partial charge in [-0.15, -0.1) is 0 Å². The molecular formula is C13H26N2O. The summed E-state index contributed by atoms with van der Waals surface area (Å²) in [6, 6.07) is 0.579. The third kappa shape index (κ3) is 3.78. The molecule has 1 N–H and O–H groups in total. The Labute approximate surface area is 99.6 Å². The van der Waals surface area contributed by atoms with E-state index in [-0.39, 0.29) is 5.54 Å². The molecule has 1 rings (SSSR count). The number of nitrogens with one attached hydrogen (secondary N) is 1. The van der Waals surface area contributed by atoms with E-state index in [1.165, 1.54) is 0 Å². The molecule has 0 saturated carbocycles. The van der Waals surface area contributed by atoms with Crippen molar-refractivity contribution in [2.75, 3.05) is 13.1 Å². The van der Waals surface area contributed by atoms with Crippen LogP contribution in [0.2, 0.25) is 0 Å². The number of hydrogen-bond donors (Lipinski definition) is 1. The van der Waals surface area contributed by atoms with Crippen LogP contribution in [0.25, 0.3) is 0 Å². The maximum atomic E-state index is 11.5. The summed E-state index contributed by atoms with van der Waals surface area (Å²) in [6.07, 6.45) is 3.96. The average Bonchev–Trinajstić information content (AvgIpc) is 2.28. The number of carbonyl (C=O) groups is 1. The van der Waals surface area contributed by atoms with E-state index in [2.05, 4.69) is 26.1 Å². The van der Waals surface area contributed by atoms with Gasteiger partial charge >= 0.3 is 0 Å². The van der Waals surface area contributed by atoms with Crippen molar-refractivity contribution in [3.05, 3.63) is 0 Å². The van der Waals surface area contributed by atoms with Gasteiger partial charge in [0.25, 0.3) is 0 Å². The van der Waals surface area contributed by atoms with Crippen molar-refractivity contribution in [3.63, 3.8) is 0 Å². The fourth-order valence-electron chi connectivity index (χ4n) is 2.15. The van der Waals surface area contributed by atoms with Gasteiger partial charge in [0, 0.05) is 31.1 Å². The summed E-state index contributed by atoms with van der Waals surface area (Å²) in [5.41, 5.74) is 0.224. The van der Waals surface area contributed by atoms with Crippen molar-refractivity contribution in [3.8, 4) is 0 Å². The van der Waals surface area contributed by atoms with Gasteiger partial charge in [-0.1, -0.05) is 13.8 Å². The smallest absolute Gasteiger partial charge is 0.222 e. The molecule has 1 saturated heterocycles. The zero-order chi connectivity index (χ0) is 12.2. The highest BCUT2D eigenvalue weighted by atomic mass is 16.2. The Hall–Kier alpha value is -0.570. The lowest BCUT2D eigenvalue weighted by molar-refractivity contribution is -0.132. The number of hydrogen-bond acceptors (Lipinski definition) is 2. The highest BCUT2D eigenvalue weighted by Gasteiger charge is 2.25. The third-order valence-corrected chi connectivity index (χ3v) is 3.63. The topological polar surface area (TPSA) is 32.3 Å². The van der Waals surface area contributed by atoms with Crippen LogP contribution in [0.5, 0.6) is 0 Å². The molecule has 0 aliphatic carbocycles. The first-order valence-corrected chi connectivity index (χ1v) is 6.54. The summed E-state index contributed by atoms with van der Waals surface area (Å²) in [7, 11) is 0. The molecule has 0 aromatic carbocycles. The maximum absolute atomic E-state index is 11.5. The van der Waals surface area contributed by atoms with E-state index in [1.807, 2.05) is 11.8 Å². The van der Waals surface area contributed by atoms with Gasteiger partial charge in [0.1, 0.15) is 0 Å². The summed E-state index contributed by atoms with van der Waals surface area (Å²) < 4.78 is 0. The van der Waals surface area contributed by atoms with E-state index < -0.39 is 0 Å². The van der Waals surface area contributed by atoms with Crippen LogP contribution in [-0.4, -0.2) is 35.5 Å². The first-order valence-electron chi connectivity index (χ1n) is 6.54. The van der Waals surface area contributed by atoms with Crippen LogP contribution in [0.4, 0.5) is 0 Å². The van der Waals surface area contributed by atoms with E-state index in [0.717, 1.165) is 32.4 Å². The molecule has 0 atom stereocenters. The second-order valence-corrected chi connectivity index (χ2v) is 5.39. The molecular weight excluding hydrogens is 200 g/mol. The third-order valence-electron chi connectivity index (χ3n) is 3.63. The Morgan fingerprint density at radius 2 is 1.88 bits per heavy atom. The number of amides is 1. The Kier molecular flexibility index (Phi) is 4.78. The van der Waals surface area contributed by atoms with Crippen molar-refractivity contribution >= 4 is 5.91 Å². The van der Waals surface area contributed by atoms with Crippen LogP contribution < -0.4 is 5.32 Å². The molecule has 0 aromatic rings. The van der Waals surface area contributed by atoms with Crippen LogP contribution >= 0.6 is 0 Å². The molecule has 1 amide bonds. The van der Waals surface area contributed by atoms with Crippen LogP contribution in [0.3, 0.4) is 0 Å². The van der Waals surface area contributed by atoms with Crippen molar-refractivity contribution < 1.29 is 4.79 Å². The minimum Gasteiger partial charge on any atom is -0.343 e. The summed E-state index contributed by atoms with van der Waals surface area (Å²) in [6.45, 7) is 10.5. The summed E-state index contributed by atoms with van der Waals surface area (Å²) in [5.74, 6) is 0.299. The second-order valence-electron chi connectivity index (χ2n) is 5.39. The number of likely N-dealkylation sites (tertiary alicyclic amines) is 1. The Morgan fingerprint density at radius 1 is 1.31 bits per heavy atom. The highest BCUT2D eigenvalue weighted by Crippen LogP contribution is 2.16. The summed E-state index contributed by atoms with van der Waals surface area (Å²) in [4.78, 5) is 13.5. The molecule has 16 heavy (non-hydrogen) atoms. The highest BCUT2D eigenvalue weighted by molar-refractivity contribution is 5.75. The maximum Gasteiger partial charge on any atom is 0.222 e. The van der Waals surface area contributed by atoms with E-state index in [0.29, 0.717) is 18.4 Å². The second kappa shape index (κ2) is 5.67. The molecule has 0 radical (unpaired) electrons. The summed E-state index contributed by atoms with van der Waals surface area (Å²) >= 11 is 0. The van der Waals surface area contributed by atoms with Crippen molar-refractivity contribution in [1.82, 2.24) is 10.2 Å². The van der Waals surface area contributed by atoms with Gasteiger partial charge < -0.3 is 10.2 Å². The first-order chi connectivity index (χ1) is 7.48. The Morgan fingerprint density at radius 3 is 2.31 bits per heavy atom. The summed E-state index contributed by atoms with van der Waals surface area (Å²) in [5, 5.41) is 3.68. The van der Waals surface area contributed by atoms with Crippen LogP contribution in [-0.2, 0) is 4.79 Å². The lowest BCUT2D eigenvalue weighted by Gasteiger charge is -2.37.